The zero-order chi connectivity index (χ0) is 11.4. The Hall–Kier alpha value is -0.860. The molecule has 1 heterocycles. The first-order chi connectivity index (χ1) is 7.75. The molecule has 0 radical (unpaired) electrons. The zero-order valence-corrected chi connectivity index (χ0v) is 10.3. The average Bonchev–Trinajstić information content (AvgIpc) is 2.76. The molecule has 2 rings (SSSR count). The molecule has 1 atom stereocenters. The van der Waals surface area contributed by atoms with E-state index in [1.807, 2.05) is 0 Å². The van der Waals surface area contributed by atoms with Crippen molar-refractivity contribution in [2.75, 3.05) is 13.2 Å². The van der Waals surface area contributed by atoms with Crippen LogP contribution in [0.15, 0.2) is 18.2 Å². The van der Waals surface area contributed by atoms with Gasteiger partial charge in [-0.2, -0.15) is 0 Å². The van der Waals surface area contributed by atoms with Crippen LogP contribution in [0.3, 0.4) is 0 Å². The van der Waals surface area contributed by atoms with Crippen LogP contribution in [0.4, 0.5) is 0 Å². The van der Waals surface area contributed by atoms with E-state index in [1.165, 1.54) is 29.5 Å². The van der Waals surface area contributed by atoms with Crippen LogP contribution in [0.5, 0.6) is 0 Å². The van der Waals surface area contributed by atoms with Crippen molar-refractivity contribution in [2.24, 2.45) is 0 Å². The second kappa shape index (κ2) is 5.46. The predicted octanol–water partition coefficient (Wildman–Crippen LogP) is 2.57. The van der Waals surface area contributed by atoms with Gasteiger partial charge in [-0.05, 0) is 43.4 Å². The lowest BCUT2D eigenvalue weighted by Crippen LogP contribution is -2.25. The van der Waals surface area contributed by atoms with Crippen molar-refractivity contribution in [3.05, 3.63) is 34.9 Å². The van der Waals surface area contributed by atoms with Crippen LogP contribution in [0.2, 0.25) is 0 Å². The van der Waals surface area contributed by atoms with Crippen LogP contribution in [-0.4, -0.2) is 19.3 Å². The average molecular weight is 219 g/mol. The SMILES string of the molecule is Cc1ccc(CNCC2CCCO2)cc1C. The fourth-order valence-electron chi connectivity index (χ4n) is 2.10. The van der Waals surface area contributed by atoms with Crippen LogP contribution >= 0.6 is 0 Å². The van der Waals surface area contributed by atoms with Gasteiger partial charge in [0.15, 0.2) is 0 Å². The summed E-state index contributed by atoms with van der Waals surface area (Å²) < 4.78 is 5.57. The number of hydrogen-bond donors (Lipinski definition) is 1. The Morgan fingerprint density at radius 1 is 1.31 bits per heavy atom. The summed E-state index contributed by atoms with van der Waals surface area (Å²) in [4.78, 5) is 0. The fourth-order valence-corrected chi connectivity index (χ4v) is 2.10. The second-order valence-corrected chi connectivity index (χ2v) is 4.68. The maximum absolute atomic E-state index is 5.57. The van der Waals surface area contributed by atoms with E-state index in [0.29, 0.717) is 6.10 Å². The predicted molar refractivity (Wildman–Crippen MR) is 66.6 cm³/mol. The number of nitrogens with one attached hydrogen (secondary N) is 1. The summed E-state index contributed by atoms with van der Waals surface area (Å²) in [7, 11) is 0. The van der Waals surface area contributed by atoms with Crippen molar-refractivity contribution in [1.29, 1.82) is 0 Å². The van der Waals surface area contributed by atoms with Crippen LogP contribution in [-0.2, 0) is 11.3 Å². The molecule has 0 bridgehead atoms. The molecule has 0 amide bonds. The van der Waals surface area contributed by atoms with Gasteiger partial charge in [-0.1, -0.05) is 18.2 Å². The van der Waals surface area contributed by atoms with Crippen LogP contribution in [0, 0.1) is 13.8 Å². The maximum Gasteiger partial charge on any atom is 0.0700 e. The van der Waals surface area contributed by atoms with E-state index in [2.05, 4.69) is 37.4 Å². The third-order valence-corrected chi connectivity index (χ3v) is 3.30. The summed E-state index contributed by atoms with van der Waals surface area (Å²) in [5, 5.41) is 3.47. The molecular formula is C14H21NO. The van der Waals surface area contributed by atoms with Crippen molar-refractivity contribution in [3.63, 3.8) is 0 Å². The summed E-state index contributed by atoms with van der Waals surface area (Å²) in [6.45, 7) is 7.18. The molecule has 0 spiro atoms. The molecule has 1 saturated heterocycles. The van der Waals surface area contributed by atoms with Crippen molar-refractivity contribution >= 4 is 0 Å². The second-order valence-electron chi connectivity index (χ2n) is 4.68. The molecule has 0 aliphatic carbocycles. The molecule has 2 nitrogen and oxygen atoms in total. The highest BCUT2D eigenvalue weighted by Gasteiger charge is 2.14. The van der Waals surface area contributed by atoms with E-state index >= 15 is 0 Å². The molecule has 88 valence electrons. The maximum atomic E-state index is 5.57. The lowest BCUT2D eigenvalue weighted by molar-refractivity contribution is 0.110. The van der Waals surface area contributed by atoms with Gasteiger partial charge in [0.05, 0.1) is 6.10 Å². The Morgan fingerprint density at radius 2 is 2.19 bits per heavy atom. The van der Waals surface area contributed by atoms with Gasteiger partial charge in [0.2, 0.25) is 0 Å². The van der Waals surface area contributed by atoms with Gasteiger partial charge in [0, 0.05) is 19.7 Å². The lowest BCUT2D eigenvalue weighted by Gasteiger charge is -2.11. The topological polar surface area (TPSA) is 21.3 Å². The quantitative estimate of drug-likeness (QED) is 0.840. The summed E-state index contributed by atoms with van der Waals surface area (Å²) in [5.74, 6) is 0. The van der Waals surface area contributed by atoms with Gasteiger partial charge >= 0.3 is 0 Å². The number of rotatable bonds is 4. The molecule has 1 aromatic carbocycles. The van der Waals surface area contributed by atoms with Crippen LogP contribution in [0.25, 0.3) is 0 Å². The standard InChI is InChI=1S/C14H21NO/c1-11-5-6-13(8-12(11)2)9-15-10-14-4-3-7-16-14/h5-6,8,14-15H,3-4,7,9-10H2,1-2H3. The number of aryl methyl sites for hydroxylation is 2. The molecule has 1 N–H and O–H groups in total. The molecule has 1 aromatic rings. The van der Waals surface area contributed by atoms with E-state index in [1.54, 1.807) is 0 Å². The number of ether oxygens (including phenoxy) is 1. The highest BCUT2D eigenvalue weighted by atomic mass is 16.5. The highest BCUT2D eigenvalue weighted by Crippen LogP contribution is 2.12. The number of hydrogen-bond acceptors (Lipinski definition) is 2. The van der Waals surface area contributed by atoms with Crippen molar-refractivity contribution in [1.82, 2.24) is 5.32 Å². The van der Waals surface area contributed by atoms with Gasteiger partial charge < -0.3 is 10.1 Å². The molecule has 1 fully saturated rings. The van der Waals surface area contributed by atoms with E-state index < -0.39 is 0 Å². The van der Waals surface area contributed by atoms with E-state index in [0.717, 1.165) is 19.7 Å². The lowest BCUT2D eigenvalue weighted by atomic mass is 10.1. The van der Waals surface area contributed by atoms with Crippen LogP contribution in [0.1, 0.15) is 29.5 Å². The van der Waals surface area contributed by atoms with Crippen molar-refractivity contribution in [2.45, 2.75) is 39.3 Å². The van der Waals surface area contributed by atoms with Gasteiger partial charge in [0.25, 0.3) is 0 Å². The molecule has 2 heteroatoms. The molecule has 0 saturated carbocycles. The van der Waals surface area contributed by atoms with E-state index in [9.17, 15) is 0 Å². The van der Waals surface area contributed by atoms with Crippen LogP contribution < -0.4 is 5.32 Å². The Labute approximate surface area is 98.0 Å². The molecule has 1 unspecified atom stereocenters. The first kappa shape index (κ1) is 11.6. The van der Waals surface area contributed by atoms with Gasteiger partial charge in [-0.25, -0.2) is 0 Å². The van der Waals surface area contributed by atoms with E-state index in [4.69, 9.17) is 4.74 Å². The molecule has 1 aliphatic rings. The van der Waals surface area contributed by atoms with Crippen molar-refractivity contribution in [3.8, 4) is 0 Å². The smallest absolute Gasteiger partial charge is 0.0700 e. The zero-order valence-electron chi connectivity index (χ0n) is 10.3. The molecule has 16 heavy (non-hydrogen) atoms. The Bertz CT molecular complexity index is 343. The largest absolute Gasteiger partial charge is 0.377 e. The minimum Gasteiger partial charge on any atom is -0.377 e. The van der Waals surface area contributed by atoms with E-state index in [-0.39, 0.29) is 0 Å². The van der Waals surface area contributed by atoms with Gasteiger partial charge in [-0.3, -0.25) is 0 Å². The Morgan fingerprint density at radius 3 is 2.88 bits per heavy atom. The third-order valence-electron chi connectivity index (χ3n) is 3.30. The highest BCUT2D eigenvalue weighted by molar-refractivity contribution is 5.29. The van der Waals surface area contributed by atoms with Gasteiger partial charge in [-0.15, -0.1) is 0 Å². The molecular weight excluding hydrogens is 198 g/mol. The minimum absolute atomic E-state index is 0.437. The summed E-state index contributed by atoms with van der Waals surface area (Å²) in [6, 6.07) is 6.65. The van der Waals surface area contributed by atoms with Gasteiger partial charge in [0.1, 0.15) is 0 Å². The number of benzene rings is 1. The first-order valence-electron chi connectivity index (χ1n) is 6.14. The summed E-state index contributed by atoms with van der Waals surface area (Å²) in [6.07, 6.45) is 2.86. The Balaban J connectivity index is 1.78. The summed E-state index contributed by atoms with van der Waals surface area (Å²) in [5.41, 5.74) is 4.10. The summed E-state index contributed by atoms with van der Waals surface area (Å²) >= 11 is 0. The first-order valence-corrected chi connectivity index (χ1v) is 6.14. The molecule has 1 aliphatic heterocycles. The minimum atomic E-state index is 0.437. The molecule has 0 aromatic heterocycles. The van der Waals surface area contributed by atoms with Crippen molar-refractivity contribution < 1.29 is 4.74 Å². The fraction of sp³-hybridized carbons (Fsp3) is 0.571. The monoisotopic (exact) mass is 219 g/mol. The Kier molecular flexibility index (Phi) is 3.97. The third kappa shape index (κ3) is 3.06. The normalized spacial score (nSPS) is 20.2.